The SMILES string of the molecule is CCOC(=O)c1c(-c2ccccc2)nc(=O)n(Cc2ccc(Cc3cccc(C(O)=CC(=O)C(=O)O)c3)cc2)c1CC. The third-order valence-electron chi connectivity index (χ3n) is 6.62. The Hall–Kier alpha value is -5.31. The summed E-state index contributed by atoms with van der Waals surface area (Å²) in [7, 11) is 0. The molecule has 4 aromatic rings. The zero-order valence-corrected chi connectivity index (χ0v) is 23.2. The molecule has 9 nitrogen and oxygen atoms in total. The van der Waals surface area contributed by atoms with Crippen molar-refractivity contribution in [2.24, 2.45) is 0 Å². The van der Waals surface area contributed by atoms with Gasteiger partial charge in [0.1, 0.15) is 11.3 Å². The maximum absolute atomic E-state index is 13.3. The van der Waals surface area contributed by atoms with E-state index < -0.39 is 29.2 Å². The van der Waals surface area contributed by atoms with Crippen molar-refractivity contribution in [3.05, 3.63) is 129 Å². The summed E-state index contributed by atoms with van der Waals surface area (Å²) < 4.78 is 6.85. The first-order valence-corrected chi connectivity index (χ1v) is 13.4. The molecule has 0 bridgehead atoms. The molecule has 0 fully saturated rings. The van der Waals surface area contributed by atoms with Gasteiger partial charge in [-0.3, -0.25) is 9.36 Å². The van der Waals surface area contributed by atoms with E-state index in [0.29, 0.717) is 41.4 Å². The van der Waals surface area contributed by atoms with Crippen molar-refractivity contribution in [3.8, 4) is 11.3 Å². The minimum atomic E-state index is -1.65. The van der Waals surface area contributed by atoms with Crippen LogP contribution in [0.2, 0.25) is 0 Å². The Morgan fingerprint density at radius 1 is 0.881 bits per heavy atom. The van der Waals surface area contributed by atoms with Crippen molar-refractivity contribution < 1.29 is 29.3 Å². The number of aliphatic hydroxyl groups is 1. The summed E-state index contributed by atoms with van der Waals surface area (Å²) in [4.78, 5) is 52.8. The first-order chi connectivity index (χ1) is 20.2. The Bertz CT molecular complexity index is 1710. The predicted molar refractivity (Wildman–Crippen MR) is 157 cm³/mol. The minimum absolute atomic E-state index is 0.191. The normalized spacial score (nSPS) is 11.2. The molecule has 4 rings (SSSR count). The van der Waals surface area contributed by atoms with E-state index in [1.807, 2.05) is 55.5 Å². The summed E-state index contributed by atoms with van der Waals surface area (Å²) in [5.74, 6) is -3.81. The number of hydrogen-bond acceptors (Lipinski definition) is 7. The van der Waals surface area contributed by atoms with Gasteiger partial charge < -0.3 is 14.9 Å². The van der Waals surface area contributed by atoms with Crippen LogP contribution in [0, 0.1) is 0 Å². The molecule has 2 N–H and O–H groups in total. The Morgan fingerprint density at radius 2 is 1.57 bits per heavy atom. The van der Waals surface area contributed by atoms with Gasteiger partial charge in [0.05, 0.1) is 18.8 Å². The summed E-state index contributed by atoms with van der Waals surface area (Å²) >= 11 is 0. The molecule has 0 saturated carbocycles. The molecule has 0 radical (unpaired) electrons. The summed E-state index contributed by atoms with van der Waals surface area (Å²) in [6, 6.07) is 23.5. The average Bonchev–Trinajstić information content (AvgIpc) is 2.99. The number of ketones is 1. The van der Waals surface area contributed by atoms with Crippen molar-refractivity contribution in [1.29, 1.82) is 0 Å². The number of rotatable bonds is 11. The number of carbonyl (C=O) groups excluding carboxylic acids is 2. The van der Waals surface area contributed by atoms with Crippen LogP contribution in [-0.2, 0) is 33.7 Å². The zero-order valence-electron chi connectivity index (χ0n) is 23.2. The molecule has 1 heterocycles. The monoisotopic (exact) mass is 566 g/mol. The van der Waals surface area contributed by atoms with E-state index in [1.165, 1.54) is 4.57 Å². The highest BCUT2D eigenvalue weighted by Gasteiger charge is 2.24. The van der Waals surface area contributed by atoms with Gasteiger partial charge in [-0.05, 0) is 42.5 Å². The van der Waals surface area contributed by atoms with Crippen LogP contribution in [0.15, 0.2) is 89.7 Å². The second-order valence-corrected chi connectivity index (χ2v) is 9.48. The van der Waals surface area contributed by atoms with Crippen molar-refractivity contribution in [2.75, 3.05) is 6.61 Å². The molecule has 0 spiro atoms. The molecule has 0 aliphatic heterocycles. The molecule has 0 saturated heterocycles. The fourth-order valence-corrected chi connectivity index (χ4v) is 4.64. The third kappa shape index (κ3) is 6.87. The lowest BCUT2D eigenvalue weighted by Crippen LogP contribution is -2.30. The van der Waals surface area contributed by atoms with Gasteiger partial charge in [-0.1, -0.05) is 79.7 Å². The van der Waals surface area contributed by atoms with Gasteiger partial charge in [0.15, 0.2) is 0 Å². The van der Waals surface area contributed by atoms with Crippen LogP contribution < -0.4 is 5.69 Å². The van der Waals surface area contributed by atoms with Gasteiger partial charge in [0.2, 0.25) is 0 Å². The fraction of sp³-hybridized carbons (Fsp3) is 0.182. The topological polar surface area (TPSA) is 136 Å². The summed E-state index contributed by atoms with van der Waals surface area (Å²) in [6.45, 7) is 4.01. The molecular weight excluding hydrogens is 536 g/mol. The van der Waals surface area contributed by atoms with Crippen LogP contribution in [0.5, 0.6) is 0 Å². The number of benzene rings is 3. The van der Waals surface area contributed by atoms with Crippen molar-refractivity contribution in [2.45, 2.75) is 33.2 Å². The zero-order chi connectivity index (χ0) is 30.2. The number of carboxylic acids is 1. The number of esters is 1. The first-order valence-electron chi connectivity index (χ1n) is 13.4. The molecule has 0 atom stereocenters. The van der Waals surface area contributed by atoms with Crippen molar-refractivity contribution in [1.82, 2.24) is 9.55 Å². The summed E-state index contributed by atoms with van der Waals surface area (Å²) in [5.41, 5.74) is 4.28. The number of nitrogens with zero attached hydrogens (tertiary/aromatic N) is 2. The van der Waals surface area contributed by atoms with Gasteiger partial charge >= 0.3 is 17.6 Å². The van der Waals surface area contributed by atoms with Crippen LogP contribution in [-0.4, -0.2) is 44.1 Å². The van der Waals surface area contributed by atoms with Crippen LogP contribution in [0.3, 0.4) is 0 Å². The van der Waals surface area contributed by atoms with Crippen molar-refractivity contribution >= 4 is 23.5 Å². The second-order valence-electron chi connectivity index (χ2n) is 9.48. The molecule has 0 unspecified atom stereocenters. The quantitative estimate of drug-likeness (QED) is 0.114. The van der Waals surface area contributed by atoms with E-state index in [9.17, 15) is 24.3 Å². The van der Waals surface area contributed by atoms with E-state index in [-0.39, 0.29) is 18.7 Å². The molecule has 0 aliphatic carbocycles. The lowest BCUT2D eigenvalue weighted by atomic mass is 10.0. The van der Waals surface area contributed by atoms with Crippen LogP contribution in [0.4, 0.5) is 0 Å². The van der Waals surface area contributed by atoms with Crippen LogP contribution in [0.1, 0.15) is 52.2 Å². The van der Waals surface area contributed by atoms with Crippen molar-refractivity contribution in [3.63, 3.8) is 0 Å². The number of aliphatic hydroxyl groups excluding tert-OH is 1. The highest BCUT2D eigenvalue weighted by molar-refractivity contribution is 6.38. The van der Waals surface area contributed by atoms with E-state index in [2.05, 4.69) is 4.98 Å². The van der Waals surface area contributed by atoms with Gasteiger partial charge in [-0.2, -0.15) is 4.98 Å². The number of ether oxygens (including phenoxy) is 1. The van der Waals surface area contributed by atoms with E-state index in [4.69, 9.17) is 9.84 Å². The van der Waals surface area contributed by atoms with Gasteiger partial charge in [-0.15, -0.1) is 0 Å². The molecule has 0 amide bonds. The van der Waals surface area contributed by atoms with E-state index in [0.717, 1.165) is 16.7 Å². The number of carbonyl (C=O) groups is 3. The lowest BCUT2D eigenvalue weighted by molar-refractivity contribution is -0.146. The number of aromatic nitrogens is 2. The molecule has 9 heteroatoms. The first kappa shape index (κ1) is 29.7. The largest absolute Gasteiger partial charge is 0.507 e. The molecular formula is C33H30N2O7. The predicted octanol–water partition coefficient (Wildman–Crippen LogP) is 4.84. The number of aliphatic carboxylic acids is 1. The smallest absolute Gasteiger partial charge is 0.376 e. The summed E-state index contributed by atoms with van der Waals surface area (Å²) in [6.07, 6.45) is 1.60. The van der Waals surface area contributed by atoms with Gasteiger partial charge in [0.25, 0.3) is 5.78 Å². The fourth-order valence-electron chi connectivity index (χ4n) is 4.64. The molecule has 1 aromatic heterocycles. The number of hydrogen-bond donors (Lipinski definition) is 2. The Morgan fingerprint density at radius 3 is 2.21 bits per heavy atom. The van der Waals surface area contributed by atoms with Crippen LogP contribution >= 0.6 is 0 Å². The minimum Gasteiger partial charge on any atom is -0.507 e. The molecule has 0 aliphatic rings. The second kappa shape index (κ2) is 13.4. The maximum Gasteiger partial charge on any atom is 0.376 e. The van der Waals surface area contributed by atoms with E-state index in [1.54, 1.807) is 37.3 Å². The lowest BCUT2D eigenvalue weighted by Gasteiger charge is -2.18. The van der Waals surface area contributed by atoms with Gasteiger partial charge in [0, 0.05) is 22.9 Å². The standard InChI is InChI=1S/C33H30N2O7/c1-3-26-29(32(40)42-4-2)30(24-10-6-5-7-11-24)34-33(41)35(26)20-22-15-13-21(14-16-22)17-23-9-8-12-25(18-23)27(36)19-28(37)31(38)39/h5-16,18-19,36H,3-4,17,20H2,1-2H3,(H,38,39). The average molecular weight is 567 g/mol. The molecule has 214 valence electrons. The van der Waals surface area contributed by atoms with Crippen LogP contribution in [0.25, 0.3) is 17.0 Å². The number of carboxylic acid groups (broad SMARTS) is 1. The van der Waals surface area contributed by atoms with Gasteiger partial charge in [-0.25, -0.2) is 14.4 Å². The highest BCUT2D eigenvalue weighted by atomic mass is 16.5. The molecule has 42 heavy (non-hydrogen) atoms. The Balaban J connectivity index is 1.61. The third-order valence-corrected chi connectivity index (χ3v) is 6.62. The summed E-state index contributed by atoms with van der Waals surface area (Å²) in [5, 5.41) is 18.9. The molecule has 3 aromatic carbocycles. The Labute approximate surface area is 242 Å². The van der Waals surface area contributed by atoms with E-state index >= 15 is 0 Å². The highest BCUT2D eigenvalue weighted by Crippen LogP contribution is 2.25. The maximum atomic E-state index is 13.3. The Kier molecular flexibility index (Phi) is 9.44.